The first-order chi connectivity index (χ1) is 14.0. The Morgan fingerprint density at radius 3 is 2.52 bits per heavy atom. The molecular formula is C20H13FN6O2. The number of amides is 1. The number of hydrogen-bond acceptors (Lipinski definition) is 4. The number of halogens is 1. The number of aromatic nitrogens is 4. The van der Waals surface area contributed by atoms with E-state index in [4.69, 9.17) is 10.4 Å². The molecule has 0 saturated heterocycles. The van der Waals surface area contributed by atoms with Crippen LogP contribution in [0.2, 0.25) is 0 Å². The van der Waals surface area contributed by atoms with Crippen LogP contribution >= 0.6 is 0 Å². The third-order valence-electron chi connectivity index (χ3n) is 4.27. The molecule has 2 aromatic carbocycles. The van der Waals surface area contributed by atoms with Crippen molar-refractivity contribution in [3.8, 4) is 34.1 Å². The minimum atomic E-state index is -1.26. The molecular weight excluding hydrogens is 375 g/mol. The Morgan fingerprint density at radius 1 is 1.14 bits per heavy atom. The highest BCUT2D eigenvalue weighted by Crippen LogP contribution is 2.28. The highest BCUT2D eigenvalue weighted by atomic mass is 19.1. The topological polar surface area (TPSA) is 120 Å². The second-order valence-corrected chi connectivity index (χ2v) is 6.10. The van der Waals surface area contributed by atoms with Crippen molar-refractivity contribution in [2.45, 2.75) is 0 Å². The third-order valence-corrected chi connectivity index (χ3v) is 4.27. The molecule has 3 N–H and O–H groups in total. The van der Waals surface area contributed by atoms with Gasteiger partial charge >= 0.3 is 6.09 Å². The summed E-state index contributed by atoms with van der Waals surface area (Å²) in [6, 6.07) is 14.8. The van der Waals surface area contributed by atoms with Gasteiger partial charge < -0.3 is 5.11 Å². The molecule has 29 heavy (non-hydrogen) atoms. The van der Waals surface area contributed by atoms with Crippen molar-refractivity contribution < 1.29 is 14.3 Å². The minimum absolute atomic E-state index is 0.0758. The number of nitriles is 1. The molecule has 0 atom stereocenters. The van der Waals surface area contributed by atoms with Gasteiger partial charge in [-0.1, -0.05) is 18.2 Å². The predicted octanol–water partition coefficient (Wildman–Crippen LogP) is 4.03. The lowest BCUT2D eigenvalue weighted by Gasteiger charge is -2.09. The van der Waals surface area contributed by atoms with Crippen LogP contribution in [0.1, 0.15) is 5.56 Å². The average Bonchev–Trinajstić information content (AvgIpc) is 3.38. The highest BCUT2D eigenvalue weighted by Gasteiger charge is 2.15. The SMILES string of the molecule is N#Cc1ccc(-c2cc(NC(=O)O)nn2-c2ccc(-c3cn[nH]c3)cc2)cc1F. The Balaban J connectivity index is 1.79. The van der Waals surface area contributed by atoms with E-state index in [9.17, 15) is 9.18 Å². The Morgan fingerprint density at radius 2 is 1.90 bits per heavy atom. The molecule has 4 rings (SSSR count). The van der Waals surface area contributed by atoms with Crippen LogP contribution in [0, 0.1) is 17.1 Å². The molecule has 0 unspecified atom stereocenters. The maximum atomic E-state index is 14.1. The number of aromatic amines is 1. The summed E-state index contributed by atoms with van der Waals surface area (Å²) in [5.74, 6) is -0.572. The van der Waals surface area contributed by atoms with E-state index in [1.165, 1.54) is 22.9 Å². The first-order valence-electron chi connectivity index (χ1n) is 8.45. The average molecular weight is 388 g/mol. The number of nitrogens with one attached hydrogen (secondary N) is 2. The quantitative estimate of drug-likeness (QED) is 0.488. The molecule has 2 aromatic heterocycles. The monoisotopic (exact) mass is 388 g/mol. The zero-order chi connectivity index (χ0) is 20.4. The standard InChI is InChI=1S/C20H13FN6O2/c21-17-7-13(1-2-14(17)9-22)18-8-19(25-20(28)29)26-27(18)16-5-3-12(4-6-16)15-10-23-24-11-15/h1-8,10-11H,(H,23,24)(H,25,26)(H,28,29). The van der Waals surface area contributed by atoms with Crippen LogP contribution in [0.5, 0.6) is 0 Å². The smallest absolute Gasteiger partial charge is 0.410 e. The van der Waals surface area contributed by atoms with E-state index in [1.807, 2.05) is 24.3 Å². The maximum Gasteiger partial charge on any atom is 0.410 e. The van der Waals surface area contributed by atoms with Gasteiger partial charge in [-0.05, 0) is 29.8 Å². The zero-order valence-corrected chi connectivity index (χ0v) is 14.8. The lowest BCUT2D eigenvalue weighted by atomic mass is 10.1. The molecule has 8 nitrogen and oxygen atoms in total. The molecule has 1 amide bonds. The van der Waals surface area contributed by atoms with Crippen LogP contribution in [-0.2, 0) is 0 Å². The van der Waals surface area contributed by atoms with Gasteiger partial charge in [-0.3, -0.25) is 10.4 Å². The van der Waals surface area contributed by atoms with E-state index in [-0.39, 0.29) is 11.4 Å². The van der Waals surface area contributed by atoms with Gasteiger partial charge in [0.05, 0.1) is 23.1 Å². The van der Waals surface area contributed by atoms with Crippen LogP contribution in [0.25, 0.3) is 28.1 Å². The summed E-state index contributed by atoms with van der Waals surface area (Å²) >= 11 is 0. The zero-order valence-electron chi connectivity index (χ0n) is 14.8. The highest BCUT2D eigenvalue weighted by molar-refractivity contribution is 5.83. The number of benzene rings is 2. The summed E-state index contributed by atoms with van der Waals surface area (Å²) in [5, 5.41) is 31.1. The van der Waals surface area contributed by atoms with Crippen LogP contribution in [-0.4, -0.2) is 31.2 Å². The second-order valence-electron chi connectivity index (χ2n) is 6.10. The fourth-order valence-electron chi connectivity index (χ4n) is 2.92. The molecule has 0 fully saturated rings. The first-order valence-corrected chi connectivity index (χ1v) is 8.45. The summed E-state index contributed by atoms with van der Waals surface area (Å²) in [6.45, 7) is 0. The van der Waals surface area contributed by atoms with Crippen molar-refractivity contribution >= 4 is 11.9 Å². The van der Waals surface area contributed by atoms with E-state index < -0.39 is 11.9 Å². The van der Waals surface area contributed by atoms with Crippen LogP contribution in [0.3, 0.4) is 0 Å². The molecule has 0 aliphatic rings. The summed E-state index contributed by atoms with van der Waals surface area (Å²) < 4.78 is 15.6. The second kappa shape index (κ2) is 7.28. The Labute approximate surface area is 163 Å². The summed E-state index contributed by atoms with van der Waals surface area (Å²) in [5.41, 5.74) is 3.34. The molecule has 0 saturated carbocycles. The normalized spacial score (nSPS) is 10.5. The van der Waals surface area contributed by atoms with E-state index in [0.29, 0.717) is 16.9 Å². The third kappa shape index (κ3) is 3.54. The number of hydrogen-bond donors (Lipinski definition) is 3. The lowest BCUT2D eigenvalue weighted by molar-refractivity contribution is 0.209. The van der Waals surface area contributed by atoms with Crippen molar-refractivity contribution in [2.75, 3.05) is 5.32 Å². The van der Waals surface area contributed by atoms with Gasteiger partial charge in [0.25, 0.3) is 0 Å². The van der Waals surface area contributed by atoms with Crippen molar-refractivity contribution in [3.63, 3.8) is 0 Å². The fourth-order valence-corrected chi connectivity index (χ4v) is 2.92. The van der Waals surface area contributed by atoms with Crippen molar-refractivity contribution in [1.29, 1.82) is 5.26 Å². The minimum Gasteiger partial charge on any atom is -0.465 e. The van der Waals surface area contributed by atoms with E-state index in [1.54, 1.807) is 24.5 Å². The number of rotatable bonds is 4. The van der Waals surface area contributed by atoms with Crippen molar-refractivity contribution in [1.82, 2.24) is 20.0 Å². The van der Waals surface area contributed by atoms with Gasteiger partial charge in [0.15, 0.2) is 5.82 Å². The fraction of sp³-hybridized carbons (Fsp3) is 0. The maximum absolute atomic E-state index is 14.1. The summed E-state index contributed by atoms with van der Waals surface area (Å²) in [6.07, 6.45) is 2.20. The largest absolute Gasteiger partial charge is 0.465 e. The van der Waals surface area contributed by atoms with Gasteiger partial charge in [0.1, 0.15) is 11.9 Å². The number of nitrogens with zero attached hydrogens (tertiary/aromatic N) is 4. The van der Waals surface area contributed by atoms with Gasteiger partial charge in [0, 0.05) is 23.4 Å². The summed E-state index contributed by atoms with van der Waals surface area (Å²) in [4.78, 5) is 11.0. The number of carboxylic acid groups (broad SMARTS) is 1. The first kappa shape index (κ1) is 17.9. The molecule has 0 aliphatic heterocycles. The van der Waals surface area contributed by atoms with Crippen molar-refractivity contribution in [3.05, 3.63) is 72.3 Å². The van der Waals surface area contributed by atoms with Gasteiger partial charge in [-0.15, -0.1) is 5.10 Å². The predicted molar refractivity (Wildman–Crippen MR) is 103 cm³/mol. The van der Waals surface area contributed by atoms with Gasteiger partial charge in [-0.25, -0.2) is 13.9 Å². The summed E-state index contributed by atoms with van der Waals surface area (Å²) in [7, 11) is 0. The van der Waals surface area contributed by atoms with Crippen LogP contribution < -0.4 is 5.32 Å². The van der Waals surface area contributed by atoms with E-state index in [2.05, 4.69) is 20.6 Å². The lowest BCUT2D eigenvalue weighted by Crippen LogP contribution is -2.08. The number of carbonyl (C=O) groups is 1. The number of H-pyrrole nitrogens is 1. The molecule has 0 bridgehead atoms. The van der Waals surface area contributed by atoms with Crippen molar-refractivity contribution in [2.24, 2.45) is 0 Å². The molecule has 4 aromatic rings. The number of anilines is 1. The van der Waals surface area contributed by atoms with Crippen LogP contribution in [0.15, 0.2) is 60.9 Å². The van der Waals surface area contributed by atoms with Crippen LogP contribution in [0.4, 0.5) is 15.0 Å². The molecule has 0 aliphatic carbocycles. The van der Waals surface area contributed by atoms with E-state index in [0.717, 1.165) is 11.1 Å². The molecule has 9 heteroatoms. The Hall–Kier alpha value is -4.45. The Bertz CT molecular complexity index is 1220. The van der Waals surface area contributed by atoms with Gasteiger partial charge in [-0.2, -0.15) is 10.4 Å². The molecule has 0 spiro atoms. The molecule has 0 radical (unpaired) electrons. The molecule has 142 valence electrons. The molecule has 2 heterocycles. The Kier molecular flexibility index (Phi) is 4.50. The van der Waals surface area contributed by atoms with E-state index >= 15 is 0 Å². The van der Waals surface area contributed by atoms with Gasteiger partial charge in [0.2, 0.25) is 0 Å².